The minimum atomic E-state index is -0.0327. The molecule has 0 saturated heterocycles. The first-order valence-corrected chi connectivity index (χ1v) is 9.01. The first-order chi connectivity index (χ1) is 12.3. The summed E-state index contributed by atoms with van der Waals surface area (Å²) in [6, 6.07) is 13.9. The maximum Gasteiger partial charge on any atom is 0.231 e. The second-order valence-corrected chi connectivity index (χ2v) is 6.77. The normalized spacial score (nSPS) is 17.1. The van der Waals surface area contributed by atoms with Crippen LogP contribution in [0, 0.1) is 0 Å². The van der Waals surface area contributed by atoms with Crippen LogP contribution in [0.1, 0.15) is 59.5 Å². The highest BCUT2D eigenvalue weighted by Crippen LogP contribution is 2.33. The Bertz CT molecular complexity index is 783. The topological polar surface area (TPSA) is 35.5 Å². The average Bonchev–Trinajstić information content (AvgIpc) is 3.15. The van der Waals surface area contributed by atoms with Crippen molar-refractivity contribution in [1.29, 1.82) is 0 Å². The Balaban J connectivity index is 1.43. The number of ketones is 1. The molecule has 0 bridgehead atoms. The fourth-order valence-electron chi connectivity index (χ4n) is 3.63. The van der Waals surface area contributed by atoms with Crippen LogP contribution in [0.5, 0.6) is 11.5 Å². The second-order valence-electron chi connectivity index (χ2n) is 6.77. The van der Waals surface area contributed by atoms with Crippen molar-refractivity contribution in [3.8, 4) is 11.5 Å². The summed E-state index contributed by atoms with van der Waals surface area (Å²) in [6.07, 6.45) is 10.2. The van der Waals surface area contributed by atoms with E-state index in [9.17, 15) is 4.79 Å². The standard InChI is InChI=1S/C22H22O3/c23-20(19-11-13-21-22(14-19)25-15-24-21)12-8-16-6-9-18(10-7-16)17-4-2-1-3-5-17/h6-14,17H,1-5,15H2. The van der Waals surface area contributed by atoms with E-state index in [4.69, 9.17) is 9.47 Å². The van der Waals surface area contributed by atoms with Gasteiger partial charge < -0.3 is 9.47 Å². The van der Waals surface area contributed by atoms with E-state index in [1.54, 1.807) is 24.3 Å². The Kier molecular flexibility index (Phi) is 4.55. The van der Waals surface area contributed by atoms with Crippen LogP contribution in [0.4, 0.5) is 0 Å². The molecule has 128 valence electrons. The quantitative estimate of drug-likeness (QED) is 0.558. The molecule has 0 atom stereocenters. The Morgan fingerprint density at radius 3 is 2.48 bits per heavy atom. The van der Waals surface area contributed by atoms with Crippen molar-refractivity contribution in [2.75, 3.05) is 6.79 Å². The molecule has 2 aromatic rings. The Morgan fingerprint density at radius 2 is 1.68 bits per heavy atom. The Morgan fingerprint density at radius 1 is 0.920 bits per heavy atom. The van der Waals surface area contributed by atoms with Crippen molar-refractivity contribution in [3.05, 3.63) is 65.2 Å². The molecule has 2 aromatic carbocycles. The summed E-state index contributed by atoms with van der Waals surface area (Å²) in [6.45, 7) is 0.218. The summed E-state index contributed by atoms with van der Waals surface area (Å²) in [5.41, 5.74) is 3.09. The molecule has 1 saturated carbocycles. The number of hydrogen-bond acceptors (Lipinski definition) is 3. The van der Waals surface area contributed by atoms with Gasteiger partial charge >= 0.3 is 0 Å². The molecule has 0 N–H and O–H groups in total. The second kappa shape index (κ2) is 7.14. The fraction of sp³-hybridized carbons (Fsp3) is 0.318. The van der Waals surface area contributed by atoms with Crippen LogP contribution in [-0.2, 0) is 0 Å². The van der Waals surface area contributed by atoms with E-state index in [2.05, 4.69) is 24.3 Å². The lowest BCUT2D eigenvalue weighted by molar-refractivity contribution is 0.104. The molecule has 1 fully saturated rings. The van der Waals surface area contributed by atoms with E-state index in [0.29, 0.717) is 23.0 Å². The largest absolute Gasteiger partial charge is 0.454 e. The van der Waals surface area contributed by atoms with Crippen molar-refractivity contribution in [2.24, 2.45) is 0 Å². The number of fused-ring (bicyclic) bond motifs is 1. The molecule has 3 heteroatoms. The molecule has 0 aromatic heterocycles. The predicted molar refractivity (Wildman–Crippen MR) is 98.2 cm³/mol. The summed E-state index contributed by atoms with van der Waals surface area (Å²) >= 11 is 0. The lowest BCUT2D eigenvalue weighted by atomic mass is 9.84. The molecular weight excluding hydrogens is 312 g/mol. The summed E-state index contributed by atoms with van der Waals surface area (Å²) in [5, 5.41) is 0. The van der Waals surface area contributed by atoms with Crippen molar-refractivity contribution in [3.63, 3.8) is 0 Å². The van der Waals surface area contributed by atoms with Crippen LogP contribution < -0.4 is 9.47 Å². The van der Waals surface area contributed by atoms with E-state index in [0.717, 1.165) is 5.56 Å². The number of carbonyl (C=O) groups is 1. The van der Waals surface area contributed by atoms with Crippen molar-refractivity contribution in [1.82, 2.24) is 0 Å². The van der Waals surface area contributed by atoms with E-state index >= 15 is 0 Å². The van der Waals surface area contributed by atoms with E-state index in [1.807, 2.05) is 6.08 Å². The highest BCUT2D eigenvalue weighted by atomic mass is 16.7. The average molecular weight is 334 g/mol. The molecule has 0 radical (unpaired) electrons. The molecule has 0 unspecified atom stereocenters. The van der Waals surface area contributed by atoms with Gasteiger partial charge in [0.05, 0.1) is 0 Å². The third-order valence-corrected chi connectivity index (χ3v) is 5.10. The molecule has 25 heavy (non-hydrogen) atoms. The predicted octanol–water partition coefficient (Wildman–Crippen LogP) is 5.36. The Labute approximate surface area is 148 Å². The number of rotatable bonds is 4. The summed E-state index contributed by atoms with van der Waals surface area (Å²) in [5.74, 6) is 2.01. The molecule has 3 nitrogen and oxygen atoms in total. The highest BCUT2D eigenvalue weighted by Gasteiger charge is 2.16. The molecule has 1 aliphatic heterocycles. The van der Waals surface area contributed by atoms with Gasteiger partial charge in [-0.1, -0.05) is 49.6 Å². The first kappa shape index (κ1) is 15.9. The van der Waals surface area contributed by atoms with Gasteiger partial charge in [0.25, 0.3) is 0 Å². The van der Waals surface area contributed by atoms with Crippen LogP contribution >= 0.6 is 0 Å². The third-order valence-electron chi connectivity index (χ3n) is 5.10. The van der Waals surface area contributed by atoms with Crippen LogP contribution in [-0.4, -0.2) is 12.6 Å². The molecule has 0 spiro atoms. The van der Waals surface area contributed by atoms with E-state index in [-0.39, 0.29) is 12.6 Å². The Hall–Kier alpha value is -2.55. The maximum atomic E-state index is 12.3. The zero-order valence-corrected chi connectivity index (χ0v) is 14.2. The summed E-state index contributed by atoms with van der Waals surface area (Å²) in [4.78, 5) is 12.3. The number of benzene rings is 2. The fourth-order valence-corrected chi connectivity index (χ4v) is 3.63. The SMILES string of the molecule is O=C(C=Cc1ccc(C2CCCCC2)cc1)c1ccc2c(c1)OCO2. The smallest absolute Gasteiger partial charge is 0.231 e. The lowest BCUT2D eigenvalue weighted by Gasteiger charge is -2.21. The zero-order chi connectivity index (χ0) is 17.1. The van der Waals surface area contributed by atoms with Gasteiger partial charge in [-0.05, 0) is 54.2 Å². The molecule has 1 heterocycles. The monoisotopic (exact) mass is 334 g/mol. The number of ether oxygens (including phenoxy) is 2. The van der Waals surface area contributed by atoms with Crippen LogP contribution in [0.25, 0.3) is 6.08 Å². The summed E-state index contributed by atoms with van der Waals surface area (Å²) < 4.78 is 10.6. The minimum absolute atomic E-state index is 0.0327. The van der Waals surface area contributed by atoms with Crippen LogP contribution in [0.3, 0.4) is 0 Å². The van der Waals surface area contributed by atoms with Gasteiger partial charge in [0.1, 0.15) is 0 Å². The van der Waals surface area contributed by atoms with Crippen molar-refractivity contribution >= 4 is 11.9 Å². The number of hydrogen-bond donors (Lipinski definition) is 0. The molecule has 4 rings (SSSR count). The van der Waals surface area contributed by atoms with Gasteiger partial charge in [-0.3, -0.25) is 4.79 Å². The van der Waals surface area contributed by atoms with Crippen molar-refractivity contribution in [2.45, 2.75) is 38.0 Å². The van der Waals surface area contributed by atoms with Gasteiger partial charge in [-0.2, -0.15) is 0 Å². The van der Waals surface area contributed by atoms with Crippen LogP contribution in [0.2, 0.25) is 0 Å². The minimum Gasteiger partial charge on any atom is -0.454 e. The van der Waals surface area contributed by atoms with Gasteiger partial charge in [0.2, 0.25) is 6.79 Å². The van der Waals surface area contributed by atoms with Gasteiger partial charge in [0, 0.05) is 5.56 Å². The zero-order valence-electron chi connectivity index (χ0n) is 14.2. The number of allylic oxidation sites excluding steroid dienone is 1. The maximum absolute atomic E-state index is 12.3. The summed E-state index contributed by atoms with van der Waals surface area (Å²) in [7, 11) is 0. The molecule has 1 aliphatic carbocycles. The van der Waals surface area contributed by atoms with Crippen molar-refractivity contribution < 1.29 is 14.3 Å². The van der Waals surface area contributed by atoms with Gasteiger partial charge in [-0.15, -0.1) is 0 Å². The van der Waals surface area contributed by atoms with E-state index < -0.39 is 0 Å². The number of carbonyl (C=O) groups excluding carboxylic acids is 1. The lowest BCUT2D eigenvalue weighted by Crippen LogP contribution is -2.04. The van der Waals surface area contributed by atoms with Gasteiger partial charge in [-0.25, -0.2) is 0 Å². The molecule has 2 aliphatic rings. The third kappa shape index (κ3) is 3.60. The molecular formula is C22H22O3. The first-order valence-electron chi connectivity index (χ1n) is 9.01. The van der Waals surface area contributed by atoms with E-state index in [1.165, 1.54) is 37.7 Å². The van der Waals surface area contributed by atoms with Gasteiger partial charge in [0.15, 0.2) is 17.3 Å². The molecule has 0 amide bonds. The van der Waals surface area contributed by atoms with Crippen LogP contribution in [0.15, 0.2) is 48.5 Å². The highest BCUT2D eigenvalue weighted by molar-refractivity contribution is 6.07.